The highest BCUT2D eigenvalue weighted by molar-refractivity contribution is 6.31. The molecule has 0 radical (unpaired) electrons. The lowest BCUT2D eigenvalue weighted by atomic mass is 9.97. The van der Waals surface area contributed by atoms with Crippen molar-refractivity contribution in [2.24, 2.45) is 5.92 Å². The van der Waals surface area contributed by atoms with Crippen LogP contribution in [0, 0.1) is 5.92 Å². The predicted molar refractivity (Wildman–Crippen MR) is 84.1 cm³/mol. The summed E-state index contributed by atoms with van der Waals surface area (Å²) in [6, 6.07) is 16.5. The van der Waals surface area contributed by atoms with Gasteiger partial charge in [-0.25, -0.2) is 0 Å². The molecule has 0 heterocycles. The van der Waals surface area contributed by atoms with Crippen LogP contribution in [-0.2, 0) is 0 Å². The van der Waals surface area contributed by atoms with Gasteiger partial charge < -0.3 is 5.11 Å². The Labute approximate surface area is 122 Å². The van der Waals surface area contributed by atoms with Gasteiger partial charge >= 0.3 is 0 Å². The summed E-state index contributed by atoms with van der Waals surface area (Å²) in [5, 5.41) is 15.8. The summed E-state index contributed by atoms with van der Waals surface area (Å²) in [5.74, 6) is 0.450. The molecule has 3 aromatic carbocycles. The first kappa shape index (κ1) is 12.2. The van der Waals surface area contributed by atoms with Crippen molar-refractivity contribution >= 4 is 33.1 Å². The number of hydrogen-bond donors (Lipinski definition) is 1. The van der Waals surface area contributed by atoms with E-state index >= 15 is 0 Å². The van der Waals surface area contributed by atoms with Gasteiger partial charge in [0.1, 0.15) is 0 Å². The quantitative estimate of drug-likeness (QED) is 0.649. The van der Waals surface area contributed by atoms with Crippen molar-refractivity contribution in [2.45, 2.75) is 18.9 Å². The average Bonchev–Trinajstić information content (AvgIpc) is 3.30. The van der Waals surface area contributed by atoms with Gasteiger partial charge in [-0.15, -0.1) is 0 Å². The standard InChI is InChI=1S/C18H15ClO/c19-15-8-7-12-2-1-11-3-6-14(18(20)13-4-5-13)9-16(11)17(12)10-15/h1-3,6-10,13,18,20H,4-5H2. The minimum absolute atomic E-state index is 0.325. The van der Waals surface area contributed by atoms with Crippen molar-refractivity contribution in [3.8, 4) is 0 Å². The van der Waals surface area contributed by atoms with E-state index in [1.807, 2.05) is 24.3 Å². The van der Waals surface area contributed by atoms with Gasteiger partial charge in [0.15, 0.2) is 0 Å². The minimum Gasteiger partial charge on any atom is -0.388 e. The summed E-state index contributed by atoms with van der Waals surface area (Å²) in [5.41, 5.74) is 1.02. The first-order valence-corrected chi connectivity index (χ1v) is 7.40. The molecule has 0 spiro atoms. The number of aliphatic hydroxyl groups excluding tert-OH is 1. The van der Waals surface area contributed by atoms with Crippen molar-refractivity contribution in [1.29, 1.82) is 0 Å². The smallest absolute Gasteiger partial charge is 0.0818 e. The second-order valence-corrected chi connectivity index (χ2v) is 6.13. The van der Waals surface area contributed by atoms with Crippen LogP contribution < -0.4 is 0 Å². The van der Waals surface area contributed by atoms with Crippen molar-refractivity contribution in [1.82, 2.24) is 0 Å². The Balaban J connectivity index is 1.98. The maximum atomic E-state index is 10.3. The van der Waals surface area contributed by atoms with E-state index in [-0.39, 0.29) is 6.10 Å². The van der Waals surface area contributed by atoms with E-state index in [2.05, 4.69) is 24.3 Å². The molecule has 4 rings (SSSR count). The summed E-state index contributed by atoms with van der Waals surface area (Å²) in [6.45, 7) is 0. The van der Waals surface area contributed by atoms with Crippen LogP contribution in [0.3, 0.4) is 0 Å². The van der Waals surface area contributed by atoms with Crippen LogP contribution >= 0.6 is 11.6 Å². The van der Waals surface area contributed by atoms with Crippen molar-refractivity contribution in [3.05, 3.63) is 59.1 Å². The molecule has 1 fully saturated rings. The molecule has 100 valence electrons. The third-order valence-corrected chi connectivity index (χ3v) is 4.47. The predicted octanol–water partition coefficient (Wildman–Crippen LogP) is 5.09. The fraction of sp³-hybridized carbons (Fsp3) is 0.222. The molecule has 1 aliphatic rings. The molecular formula is C18H15ClO. The molecule has 1 atom stereocenters. The van der Waals surface area contributed by atoms with Crippen LogP contribution in [0.4, 0.5) is 0 Å². The van der Waals surface area contributed by atoms with Gasteiger partial charge in [-0.3, -0.25) is 0 Å². The Bertz CT molecular complexity index is 805. The highest BCUT2D eigenvalue weighted by atomic mass is 35.5. The molecule has 1 aliphatic carbocycles. The van der Waals surface area contributed by atoms with E-state index < -0.39 is 0 Å². The molecule has 0 aliphatic heterocycles. The maximum Gasteiger partial charge on any atom is 0.0818 e. The Hall–Kier alpha value is -1.57. The Morgan fingerprint density at radius 2 is 1.50 bits per heavy atom. The Kier molecular flexibility index (Phi) is 2.73. The van der Waals surface area contributed by atoms with E-state index in [9.17, 15) is 5.11 Å². The normalized spacial score (nSPS) is 16.7. The third kappa shape index (κ3) is 1.98. The molecule has 1 N–H and O–H groups in total. The van der Waals surface area contributed by atoms with Crippen molar-refractivity contribution in [2.75, 3.05) is 0 Å². The molecule has 2 heteroatoms. The number of halogens is 1. The van der Waals surface area contributed by atoms with Gasteiger partial charge in [0, 0.05) is 5.02 Å². The molecule has 1 saturated carbocycles. The first-order valence-electron chi connectivity index (χ1n) is 7.02. The summed E-state index contributed by atoms with van der Waals surface area (Å²) < 4.78 is 0. The summed E-state index contributed by atoms with van der Waals surface area (Å²) in [6.07, 6.45) is 1.95. The Morgan fingerprint density at radius 1 is 0.900 bits per heavy atom. The first-order chi connectivity index (χ1) is 9.72. The summed E-state index contributed by atoms with van der Waals surface area (Å²) in [7, 11) is 0. The van der Waals surface area contributed by atoms with Gasteiger partial charge in [0.2, 0.25) is 0 Å². The van der Waals surface area contributed by atoms with Gasteiger partial charge in [-0.05, 0) is 64.1 Å². The van der Waals surface area contributed by atoms with Crippen LogP contribution in [0.25, 0.3) is 21.5 Å². The zero-order valence-corrected chi connectivity index (χ0v) is 11.8. The lowest BCUT2D eigenvalue weighted by Gasteiger charge is -2.12. The maximum absolute atomic E-state index is 10.3. The number of rotatable bonds is 2. The number of fused-ring (bicyclic) bond motifs is 3. The van der Waals surface area contributed by atoms with Crippen LogP contribution in [0.15, 0.2) is 48.5 Å². The minimum atomic E-state index is -0.325. The van der Waals surface area contributed by atoms with Gasteiger partial charge in [-0.2, -0.15) is 0 Å². The van der Waals surface area contributed by atoms with Gasteiger partial charge in [0.25, 0.3) is 0 Å². The monoisotopic (exact) mass is 282 g/mol. The van der Waals surface area contributed by atoms with Gasteiger partial charge in [-0.1, -0.05) is 41.9 Å². The molecule has 3 aromatic rings. The molecule has 0 bridgehead atoms. The van der Waals surface area contributed by atoms with Crippen LogP contribution in [0.5, 0.6) is 0 Å². The second kappa shape index (κ2) is 4.47. The van der Waals surface area contributed by atoms with Crippen LogP contribution in [0.1, 0.15) is 24.5 Å². The molecular weight excluding hydrogens is 268 g/mol. The zero-order valence-electron chi connectivity index (χ0n) is 11.0. The fourth-order valence-corrected chi connectivity index (χ4v) is 3.08. The summed E-state index contributed by atoms with van der Waals surface area (Å²) in [4.78, 5) is 0. The summed E-state index contributed by atoms with van der Waals surface area (Å²) >= 11 is 6.13. The van der Waals surface area contributed by atoms with E-state index in [0.29, 0.717) is 5.92 Å². The highest BCUT2D eigenvalue weighted by Gasteiger charge is 2.30. The molecule has 20 heavy (non-hydrogen) atoms. The molecule has 1 nitrogen and oxygen atoms in total. The second-order valence-electron chi connectivity index (χ2n) is 5.69. The molecule has 0 saturated heterocycles. The zero-order chi connectivity index (χ0) is 13.7. The number of aliphatic hydroxyl groups is 1. The molecule has 1 unspecified atom stereocenters. The van der Waals surface area contributed by atoms with Crippen molar-refractivity contribution in [3.63, 3.8) is 0 Å². The number of hydrogen-bond acceptors (Lipinski definition) is 1. The SMILES string of the molecule is OC(c1ccc2ccc3ccc(Cl)cc3c2c1)C1CC1. The lowest BCUT2D eigenvalue weighted by Crippen LogP contribution is -1.99. The van der Waals surface area contributed by atoms with Crippen LogP contribution in [0.2, 0.25) is 5.02 Å². The number of benzene rings is 3. The lowest BCUT2D eigenvalue weighted by molar-refractivity contribution is 0.154. The molecule has 0 aromatic heterocycles. The van der Waals surface area contributed by atoms with E-state index in [4.69, 9.17) is 11.6 Å². The van der Waals surface area contributed by atoms with Crippen LogP contribution in [-0.4, -0.2) is 5.11 Å². The van der Waals surface area contributed by atoms with E-state index in [1.165, 1.54) is 16.2 Å². The fourth-order valence-electron chi connectivity index (χ4n) is 2.91. The molecule has 0 amide bonds. The van der Waals surface area contributed by atoms with E-state index in [0.717, 1.165) is 28.8 Å². The van der Waals surface area contributed by atoms with E-state index in [1.54, 1.807) is 0 Å². The van der Waals surface area contributed by atoms with Crippen molar-refractivity contribution < 1.29 is 5.11 Å². The largest absolute Gasteiger partial charge is 0.388 e. The average molecular weight is 283 g/mol. The van der Waals surface area contributed by atoms with Gasteiger partial charge in [0.05, 0.1) is 6.10 Å². The highest BCUT2D eigenvalue weighted by Crippen LogP contribution is 2.41. The third-order valence-electron chi connectivity index (χ3n) is 4.24. The topological polar surface area (TPSA) is 20.2 Å². The Morgan fingerprint density at radius 3 is 2.20 bits per heavy atom.